The number of hydrogen-bond acceptors (Lipinski definition) is 6. The van der Waals surface area contributed by atoms with Crippen molar-refractivity contribution in [2.45, 2.75) is 85.5 Å². The lowest BCUT2D eigenvalue weighted by atomic mass is 9.49. The zero-order chi connectivity index (χ0) is 33.4. The molecule has 1 saturated carbocycles. The maximum absolute atomic E-state index is 13.3. The van der Waals surface area contributed by atoms with Gasteiger partial charge in [-0.2, -0.15) is 0 Å². The number of halogens is 1. The van der Waals surface area contributed by atoms with Crippen molar-refractivity contribution in [3.63, 3.8) is 0 Å². The second kappa shape index (κ2) is 12.6. The van der Waals surface area contributed by atoms with Crippen molar-refractivity contribution < 1.29 is 19.1 Å². The second-order valence-electron chi connectivity index (χ2n) is 14.6. The number of ether oxygens (including phenoxy) is 2. The van der Waals surface area contributed by atoms with Crippen LogP contribution in [0, 0.1) is 23.3 Å². The summed E-state index contributed by atoms with van der Waals surface area (Å²) < 4.78 is 13.6. The number of likely N-dealkylation sites (tertiary alicyclic amines) is 1. The molecule has 2 aliphatic rings. The van der Waals surface area contributed by atoms with Crippen LogP contribution in [0.5, 0.6) is 5.75 Å². The zero-order valence-electron chi connectivity index (χ0n) is 27.6. The quantitative estimate of drug-likeness (QED) is 0.271. The van der Waals surface area contributed by atoms with E-state index in [1.54, 1.807) is 39.9 Å². The molecule has 46 heavy (non-hydrogen) atoms. The van der Waals surface area contributed by atoms with Gasteiger partial charge in [-0.15, -0.1) is 5.10 Å². The van der Waals surface area contributed by atoms with Gasteiger partial charge in [0.15, 0.2) is 0 Å². The first-order valence-corrected chi connectivity index (χ1v) is 16.1. The van der Waals surface area contributed by atoms with E-state index in [2.05, 4.69) is 48.2 Å². The van der Waals surface area contributed by atoms with Gasteiger partial charge in [0.2, 0.25) is 5.69 Å². The number of nitrogens with zero attached hydrogens (tertiary/aromatic N) is 5. The Morgan fingerprint density at radius 3 is 2.30 bits per heavy atom. The summed E-state index contributed by atoms with van der Waals surface area (Å²) in [6.45, 7) is 22.5. The highest BCUT2D eigenvalue weighted by atomic mass is 35.5. The summed E-state index contributed by atoms with van der Waals surface area (Å²) in [5.74, 6) is 0.865. The molecule has 1 aliphatic heterocycles. The van der Waals surface area contributed by atoms with Crippen molar-refractivity contribution in [3.05, 3.63) is 76.4 Å². The largest absolute Gasteiger partial charge is 0.489 e. The van der Waals surface area contributed by atoms with E-state index in [1.165, 1.54) is 0 Å². The summed E-state index contributed by atoms with van der Waals surface area (Å²) in [6, 6.07) is 12.3. The molecule has 1 aromatic heterocycles. The molecule has 0 unspecified atom stereocenters. The van der Waals surface area contributed by atoms with E-state index in [9.17, 15) is 9.59 Å². The molecule has 5 rings (SSSR count). The van der Waals surface area contributed by atoms with Crippen LogP contribution in [-0.4, -0.2) is 62.7 Å². The number of carbonyl (C=O) groups is 2. The van der Waals surface area contributed by atoms with E-state index in [-0.39, 0.29) is 35.0 Å². The number of benzene rings is 2. The first-order chi connectivity index (χ1) is 21.6. The van der Waals surface area contributed by atoms with E-state index in [4.69, 9.17) is 27.6 Å². The van der Waals surface area contributed by atoms with Crippen LogP contribution in [0.25, 0.3) is 10.5 Å². The fourth-order valence-electron chi connectivity index (χ4n) is 7.03. The van der Waals surface area contributed by atoms with Gasteiger partial charge in [-0.1, -0.05) is 50.6 Å². The molecule has 1 N–H and O–H groups in total. The summed E-state index contributed by atoms with van der Waals surface area (Å²) in [4.78, 5) is 30.9. The highest BCUT2D eigenvalue weighted by molar-refractivity contribution is 6.33. The first kappa shape index (κ1) is 33.3. The van der Waals surface area contributed by atoms with Crippen LogP contribution in [0.1, 0.15) is 77.4 Å². The lowest BCUT2D eigenvalue weighted by Crippen LogP contribution is -2.74. The summed E-state index contributed by atoms with van der Waals surface area (Å²) in [5.41, 5.74) is 1.45. The molecule has 11 heteroatoms. The molecule has 3 aromatic rings. The molecule has 0 bridgehead atoms. The minimum absolute atomic E-state index is 0.135. The van der Waals surface area contributed by atoms with Gasteiger partial charge in [0, 0.05) is 35.5 Å². The van der Waals surface area contributed by atoms with Crippen LogP contribution >= 0.6 is 11.6 Å². The number of hydrogen-bond donors (Lipinski definition) is 1. The molecule has 244 valence electrons. The molecule has 2 heterocycles. The molecule has 2 aromatic carbocycles. The van der Waals surface area contributed by atoms with Gasteiger partial charge < -0.3 is 19.7 Å². The third kappa shape index (κ3) is 7.00. The second-order valence-corrected chi connectivity index (χ2v) is 15.0. The number of piperidine rings is 1. The number of amides is 2. The van der Waals surface area contributed by atoms with Crippen molar-refractivity contribution in [1.29, 1.82) is 0 Å². The highest BCUT2D eigenvalue weighted by Gasteiger charge is 2.64. The molecular weight excluding hydrogens is 604 g/mol. The molecule has 10 nitrogen and oxygen atoms in total. The topological polar surface area (TPSA) is 103 Å². The SMILES string of the molecule is [C-]#[N+]c1ccc(OC2C(C)(C)C(NC(=O)c3ccc(-n4cc(CC5CCN(C(=O)OC(C)(C)C)CC5)nn4)cc3)C2(C)C)cc1Cl. The molecule has 2 amide bonds. The summed E-state index contributed by atoms with van der Waals surface area (Å²) in [7, 11) is 0. The fourth-order valence-corrected chi connectivity index (χ4v) is 7.24. The van der Waals surface area contributed by atoms with Crippen LogP contribution < -0.4 is 10.1 Å². The molecular formula is C35H43ClN6O4. The predicted molar refractivity (Wildman–Crippen MR) is 177 cm³/mol. The van der Waals surface area contributed by atoms with E-state index in [0.29, 0.717) is 41.0 Å². The van der Waals surface area contributed by atoms with Crippen LogP contribution in [0.3, 0.4) is 0 Å². The lowest BCUT2D eigenvalue weighted by Gasteiger charge is -2.63. The van der Waals surface area contributed by atoms with Crippen LogP contribution in [0.15, 0.2) is 48.7 Å². The molecule has 2 fully saturated rings. The molecule has 0 spiro atoms. The Balaban J connectivity index is 1.15. The van der Waals surface area contributed by atoms with Gasteiger partial charge in [0.25, 0.3) is 5.91 Å². The Hall–Kier alpha value is -4.10. The van der Waals surface area contributed by atoms with Crippen molar-refractivity contribution >= 4 is 29.3 Å². The Morgan fingerprint density at radius 1 is 1.07 bits per heavy atom. The van der Waals surface area contributed by atoms with Crippen LogP contribution in [-0.2, 0) is 11.2 Å². The van der Waals surface area contributed by atoms with Gasteiger partial charge in [-0.25, -0.2) is 14.3 Å². The maximum atomic E-state index is 13.3. The van der Waals surface area contributed by atoms with E-state index in [1.807, 2.05) is 39.1 Å². The Morgan fingerprint density at radius 2 is 1.72 bits per heavy atom. The summed E-state index contributed by atoms with van der Waals surface area (Å²) in [5, 5.41) is 12.3. The van der Waals surface area contributed by atoms with Crippen molar-refractivity contribution in [1.82, 2.24) is 25.2 Å². The minimum atomic E-state index is -0.497. The number of nitrogens with one attached hydrogen (secondary N) is 1. The fraction of sp³-hybridized carbons (Fsp3) is 0.514. The Labute approximate surface area is 276 Å². The minimum Gasteiger partial charge on any atom is -0.489 e. The standard InChI is InChI=1S/C35H43ClN6O4/c1-33(2,3)46-32(44)41-17-15-22(16-18-41)19-24-21-42(40-39-24)25-11-9-23(10-12-25)29(43)38-30-34(4,5)31(35(30,6)7)45-26-13-14-28(37-8)27(36)20-26/h9-14,20-22,30-31H,15-19H2,1-7H3,(H,38,43). The van der Waals surface area contributed by atoms with Gasteiger partial charge in [0.05, 0.1) is 29.2 Å². The molecule has 0 radical (unpaired) electrons. The molecule has 0 atom stereocenters. The highest BCUT2D eigenvalue weighted by Crippen LogP contribution is 2.55. The van der Waals surface area contributed by atoms with Gasteiger partial charge >= 0.3 is 6.09 Å². The first-order valence-electron chi connectivity index (χ1n) is 15.7. The predicted octanol–water partition coefficient (Wildman–Crippen LogP) is 7.27. The van der Waals surface area contributed by atoms with Crippen LogP contribution in [0.4, 0.5) is 10.5 Å². The summed E-state index contributed by atoms with van der Waals surface area (Å²) in [6.07, 6.45) is 4.07. The van der Waals surface area contributed by atoms with E-state index in [0.717, 1.165) is 30.6 Å². The van der Waals surface area contributed by atoms with Crippen molar-refractivity contribution in [2.24, 2.45) is 16.7 Å². The third-order valence-corrected chi connectivity index (χ3v) is 9.41. The number of aromatic nitrogens is 3. The van der Waals surface area contributed by atoms with Crippen LogP contribution in [0.2, 0.25) is 5.02 Å². The summed E-state index contributed by atoms with van der Waals surface area (Å²) >= 11 is 6.23. The van der Waals surface area contributed by atoms with E-state index < -0.39 is 5.60 Å². The van der Waals surface area contributed by atoms with Gasteiger partial charge in [-0.3, -0.25) is 4.79 Å². The monoisotopic (exact) mass is 646 g/mol. The third-order valence-electron chi connectivity index (χ3n) is 9.11. The normalized spacial score (nSPS) is 20.7. The lowest BCUT2D eigenvalue weighted by molar-refractivity contribution is -0.164. The molecule has 1 saturated heterocycles. The van der Waals surface area contributed by atoms with E-state index >= 15 is 0 Å². The van der Waals surface area contributed by atoms with Crippen molar-refractivity contribution in [2.75, 3.05) is 13.1 Å². The number of rotatable bonds is 7. The molecule has 1 aliphatic carbocycles. The Bertz CT molecular complexity index is 1610. The maximum Gasteiger partial charge on any atom is 0.410 e. The average molecular weight is 647 g/mol. The van der Waals surface area contributed by atoms with Crippen molar-refractivity contribution in [3.8, 4) is 11.4 Å². The zero-order valence-corrected chi connectivity index (χ0v) is 28.4. The van der Waals surface area contributed by atoms with Gasteiger partial charge in [-0.05, 0) is 82.3 Å². The average Bonchev–Trinajstić information content (AvgIpc) is 3.46. The smallest absolute Gasteiger partial charge is 0.410 e. The van der Waals surface area contributed by atoms with Gasteiger partial charge in [0.1, 0.15) is 17.5 Å². The number of carbonyl (C=O) groups excluding carboxylic acids is 2. The Kier molecular flexibility index (Phi) is 9.11.